The van der Waals surface area contributed by atoms with Crippen molar-refractivity contribution in [3.8, 4) is 0 Å². The summed E-state index contributed by atoms with van der Waals surface area (Å²) in [7, 11) is 0. The normalized spacial score (nSPS) is 14.7. The van der Waals surface area contributed by atoms with E-state index in [0.717, 1.165) is 24.2 Å². The van der Waals surface area contributed by atoms with Crippen molar-refractivity contribution >= 4 is 11.8 Å². The van der Waals surface area contributed by atoms with Crippen LogP contribution < -0.4 is 5.32 Å². The Morgan fingerprint density at radius 2 is 2.10 bits per heavy atom. The van der Waals surface area contributed by atoms with Crippen LogP contribution in [0.2, 0.25) is 0 Å². The number of amides is 2. The topological polar surface area (TPSA) is 104 Å². The summed E-state index contributed by atoms with van der Waals surface area (Å²) < 4.78 is 5.21. The molecule has 8 heteroatoms. The highest BCUT2D eigenvalue weighted by molar-refractivity contribution is 5.95. The number of H-pyrrole nitrogens is 1. The molecule has 3 aromatic heterocycles. The number of piperidine rings is 1. The number of rotatable bonds is 5. The van der Waals surface area contributed by atoms with E-state index in [4.69, 9.17) is 4.42 Å². The number of carbonyl (C=O) groups is 2. The fraction of sp³-hybridized carbons (Fsp3) is 0.333. The second kappa shape index (κ2) is 8.30. The number of hydrogen-bond acceptors (Lipinski definition) is 5. The zero-order chi connectivity index (χ0) is 20.2. The predicted molar refractivity (Wildman–Crippen MR) is 105 cm³/mol. The van der Waals surface area contributed by atoms with Crippen LogP contribution in [0, 0.1) is 6.92 Å². The van der Waals surface area contributed by atoms with E-state index in [-0.39, 0.29) is 17.7 Å². The van der Waals surface area contributed by atoms with Crippen LogP contribution in [0.3, 0.4) is 0 Å². The fourth-order valence-electron chi connectivity index (χ4n) is 3.61. The smallest absolute Gasteiger partial charge is 0.272 e. The van der Waals surface area contributed by atoms with Crippen LogP contribution in [-0.4, -0.2) is 45.0 Å². The van der Waals surface area contributed by atoms with Crippen LogP contribution in [0.4, 0.5) is 0 Å². The Morgan fingerprint density at radius 3 is 2.83 bits per heavy atom. The maximum atomic E-state index is 12.7. The van der Waals surface area contributed by atoms with Gasteiger partial charge < -0.3 is 14.6 Å². The zero-order valence-corrected chi connectivity index (χ0v) is 16.2. The second-order valence-corrected chi connectivity index (χ2v) is 7.17. The van der Waals surface area contributed by atoms with Gasteiger partial charge in [0.15, 0.2) is 0 Å². The number of furan rings is 1. The van der Waals surface area contributed by atoms with E-state index in [1.807, 2.05) is 17.9 Å². The van der Waals surface area contributed by atoms with Crippen molar-refractivity contribution in [1.29, 1.82) is 0 Å². The lowest BCUT2D eigenvalue weighted by atomic mass is 9.93. The van der Waals surface area contributed by atoms with Gasteiger partial charge in [0.2, 0.25) is 0 Å². The summed E-state index contributed by atoms with van der Waals surface area (Å²) >= 11 is 0. The Morgan fingerprint density at radius 1 is 1.28 bits per heavy atom. The number of nitrogens with one attached hydrogen (secondary N) is 2. The molecular weight excluding hydrogens is 370 g/mol. The highest BCUT2D eigenvalue weighted by atomic mass is 16.3. The van der Waals surface area contributed by atoms with Gasteiger partial charge in [-0.05, 0) is 50.1 Å². The lowest BCUT2D eigenvalue weighted by molar-refractivity contribution is 0.0710. The summed E-state index contributed by atoms with van der Waals surface area (Å²) in [6, 6.07) is 8.99. The predicted octanol–water partition coefficient (Wildman–Crippen LogP) is 2.66. The van der Waals surface area contributed by atoms with Crippen LogP contribution in [0.5, 0.6) is 0 Å². The highest BCUT2D eigenvalue weighted by Crippen LogP contribution is 2.28. The number of aromatic amines is 1. The van der Waals surface area contributed by atoms with Gasteiger partial charge in [-0.2, -0.15) is 5.10 Å². The summed E-state index contributed by atoms with van der Waals surface area (Å²) in [6.45, 7) is 3.50. The van der Waals surface area contributed by atoms with Gasteiger partial charge >= 0.3 is 0 Å². The molecule has 2 amide bonds. The molecule has 0 unspecified atom stereocenters. The summed E-state index contributed by atoms with van der Waals surface area (Å²) in [5.41, 5.74) is 2.69. The minimum Gasteiger partial charge on any atom is -0.467 e. The van der Waals surface area contributed by atoms with Crippen molar-refractivity contribution in [3.05, 3.63) is 71.2 Å². The molecule has 150 valence electrons. The van der Waals surface area contributed by atoms with Gasteiger partial charge in [0.1, 0.15) is 11.5 Å². The molecule has 0 aliphatic carbocycles. The van der Waals surface area contributed by atoms with Gasteiger partial charge in [0.05, 0.1) is 18.4 Å². The largest absolute Gasteiger partial charge is 0.467 e. The van der Waals surface area contributed by atoms with Crippen LogP contribution >= 0.6 is 0 Å². The molecule has 29 heavy (non-hydrogen) atoms. The Kier molecular flexibility index (Phi) is 5.41. The molecule has 0 spiro atoms. The van der Waals surface area contributed by atoms with Gasteiger partial charge in [0, 0.05) is 36.6 Å². The monoisotopic (exact) mass is 393 g/mol. The number of aromatic nitrogens is 3. The zero-order valence-electron chi connectivity index (χ0n) is 16.2. The first kappa shape index (κ1) is 18.9. The van der Waals surface area contributed by atoms with Gasteiger partial charge in [-0.3, -0.25) is 19.7 Å². The summed E-state index contributed by atoms with van der Waals surface area (Å²) in [4.78, 5) is 31.1. The third kappa shape index (κ3) is 4.21. The molecule has 0 bridgehead atoms. The van der Waals surface area contributed by atoms with E-state index in [2.05, 4.69) is 20.5 Å². The van der Waals surface area contributed by atoms with E-state index >= 15 is 0 Å². The first-order valence-electron chi connectivity index (χ1n) is 9.68. The molecule has 1 aliphatic heterocycles. The summed E-state index contributed by atoms with van der Waals surface area (Å²) in [5, 5.41) is 9.92. The average molecular weight is 393 g/mol. The quantitative estimate of drug-likeness (QED) is 0.693. The standard InChI is InChI=1S/C21H23N5O3/c1-14-17(5-2-8-22-14)21(28)26-9-6-15(7-10-26)18-12-19(25-24-18)20(27)23-13-16-4-3-11-29-16/h2-5,8,11-12,15H,6-7,9-10,13H2,1H3,(H,23,27)(H,24,25). The van der Waals surface area contributed by atoms with Crippen molar-refractivity contribution in [3.63, 3.8) is 0 Å². The van der Waals surface area contributed by atoms with Crippen LogP contribution in [0.1, 0.15) is 56.8 Å². The Balaban J connectivity index is 1.33. The average Bonchev–Trinajstić information content (AvgIpc) is 3.44. The molecular formula is C21H23N5O3. The second-order valence-electron chi connectivity index (χ2n) is 7.17. The molecule has 4 heterocycles. The molecule has 4 rings (SSSR count). The number of nitrogens with zero attached hydrogens (tertiary/aromatic N) is 3. The molecule has 8 nitrogen and oxygen atoms in total. The van der Waals surface area contributed by atoms with E-state index < -0.39 is 0 Å². The van der Waals surface area contributed by atoms with Crippen LogP contribution in [-0.2, 0) is 6.54 Å². The number of carbonyl (C=O) groups excluding carboxylic acids is 2. The number of aryl methyl sites for hydroxylation is 1. The number of pyridine rings is 1. The van der Waals surface area contributed by atoms with Crippen LogP contribution in [0.15, 0.2) is 47.2 Å². The molecule has 2 N–H and O–H groups in total. The van der Waals surface area contributed by atoms with Crippen molar-refractivity contribution in [1.82, 2.24) is 25.4 Å². The Labute approximate surface area is 168 Å². The molecule has 0 aromatic carbocycles. The van der Waals surface area contributed by atoms with Crippen molar-refractivity contribution in [2.75, 3.05) is 13.1 Å². The minimum absolute atomic E-state index is 0.0247. The molecule has 1 saturated heterocycles. The van der Waals surface area contributed by atoms with Gasteiger partial charge in [-0.15, -0.1) is 0 Å². The third-order valence-electron chi connectivity index (χ3n) is 5.29. The SMILES string of the molecule is Cc1ncccc1C(=O)N1CCC(c2cc(C(=O)NCc3ccco3)n[nH]2)CC1. The third-order valence-corrected chi connectivity index (χ3v) is 5.29. The van der Waals surface area contributed by atoms with Crippen molar-refractivity contribution in [2.24, 2.45) is 0 Å². The molecule has 1 fully saturated rings. The molecule has 0 saturated carbocycles. The molecule has 0 radical (unpaired) electrons. The highest BCUT2D eigenvalue weighted by Gasteiger charge is 2.27. The summed E-state index contributed by atoms with van der Waals surface area (Å²) in [6.07, 6.45) is 4.90. The molecule has 3 aromatic rings. The van der Waals surface area contributed by atoms with Crippen molar-refractivity contribution in [2.45, 2.75) is 32.2 Å². The van der Waals surface area contributed by atoms with Gasteiger partial charge in [-0.25, -0.2) is 0 Å². The van der Waals surface area contributed by atoms with Gasteiger partial charge in [0.25, 0.3) is 11.8 Å². The molecule has 1 aliphatic rings. The number of likely N-dealkylation sites (tertiary alicyclic amines) is 1. The maximum absolute atomic E-state index is 12.7. The van der Waals surface area contributed by atoms with E-state index in [1.54, 1.807) is 36.7 Å². The van der Waals surface area contributed by atoms with E-state index in [0.29, 0.717) is 36.7 Å². The maximum Gasteiger partial charge on any atom is 0.272 e. The van der Waals surface area contributed by atoms with E-state index in [1.165, 1.54) is 0 Å². The Hall–Kier alpha value is -3.42. The minimum atomic E-state index is -0.247. The van der Waals surface area contributed by atoms with Crippen molar-refractivity contribution < 1.29 is 14.0 Å². The Bertz CT molecular complexity index is 987. The summed E-state index contributed by atoms with van der Waals surface area (Å²) in [5.74, 6) is 0.711. The van der Waals surface area contributed by atoms with Crippen LogP contribution in [0.25, 0.3) is 0 Å². The first-order chi connectivity index (χ1) is 14.1. The molecule has 0 atom stereocenters. The first-order valence-corrected chi connectivity index (χ1v) is 9.68. The fourth-order valence-corrected chi connectivity index (χ4v) is 3.61. The lowest BCUT2D eigenvalue weighted by Crippen LogP contribution is -2.38. The van der Waals surface area contributed by atoms with Gasteiger partial charge in [-0.1, -0.05) is 0 Å². The van der Waals surface area contributed by atoms with E-state index in [9.17, 15) is 9.59 Å². The lowest BCUT2D eigenvalue weighted by Gasteiger charge is -2.31. The number of hydrogen-bond donors (Lipinski definition) is 2.